The Kier molecular flexibility index (Phi) is 2.45. The van der Waals surface area contributed by atoms with Gasteiger partial charge in [-0.05, 0) is 18.1 Å². The van der Waals surface area contributed by atoms with Gasteiger partial charge in [0.15, 0.2) is 11.5 Å². The summed E-state index contributed by atoms with van der Waals surface area (Å²) >= 11 is 0. The lowest BCUT2D eigenvalue weighted by atomic mass is 10.0. The van der Waals surface area contributed by atoms with Crippen molar-refractivity contribution in [3.05, 3.63) is 33.6 Å². The van der Waals surface area contributed by atoms with Crippen LogP contribution >= 0.6 is 0 Å². The number of hydrogen-bond acceptors (Lipinski definition) is 4. The number of carboxylic acids is 1. The summed E-state index contributed by atoms with van der Waals surface area (Å²) in [6.45, 7) is 1.94. The average molecular weight is 261 g/mol. The van der Waals surface area contributed by atoms with Gasteiger partial charge < -0.3 is 19.6 Å². The molecule has 2 heterocycles. The summed E-state index contributed by atoms with van der Waals surface area (Å²) in [7, 11) is 0. The van der Waals surface area contributed by atoms with E-state index in [2.05, 4.69) is 4.98 Å². The number of H-pyrrole nitrogens is 1. The van der Waals surface area contributed by atoms with Gasteiger partial charge in [0.05, 0.1) is 5.52 Å². The summed E-state index contributed by atoms with van der Waals surface area (Å²) in [6, 6.07) is 3.36. The molecule has 0 atom stereocenters. The van der Waals surface area contributed by atoms with E-state index >= 15 is 0 Å². The van der Waals surface area contributed by atoms with Crippen molar-refractivity contribution in [2.75, 3.05) is 6.79 Å². The number of aromatic amines is 1. The molecule has 1 aromatic carbocycles. The fourth-order valence-corrected chi connectivity index (χ4v) is 2.35. The van der Waals surface area contributed by atoms with Crippen LogP contribution in [0.4, 0.5) is 0 Å². The van der Waals surface area contributed by atoms with Crippen LogP contribution in [0, 0.1) is 0 Å². The number of aromatic nitrogens is 1. The lowest BCUT2D eigenvalue weighted by Crippen LogP contribution is -2.20. The number of rotatable bonds is 2. The number of benzene rings is 1. The minimum Gasteiger partial charge on any atom is -0.477 e. The normalized spacial score (nSPS) is 12.9. The molecule has 0 bridgehead atoms. The minimum absolute atomic E-state index is 0.128. The predicted octanol–water partition coefficient (Wildman–Crippen LogP) is 1.52. The monoisotopic (exact) mass is 261 g/mol. The molecule has 98 valence electrons. The number of hydrogen-bond donors (Lipinski definition) is 2. The Morgan fingerprint density at radius 1 is 1.37 bits per heavy atom. The van der Waals surface area contributed by atoms with Gasteiger partial charge in [-0.25, -0.2) is 4.79 Å². The summed E-state index contributed by atoms with van der Waals surface area (Å²) in [6.07, 6.45) is 0.446. The molecule has 0 amide bonds. The highest BCUT2D eigenvalue weighted by Gasteiger charge is 2.21. The second-order valence-corrected chi connectivity index (χ2v) is 4.22. The van der Waals surface area contributed by atoms with E-state index in [0.717, 1.165) is 0 Å². The first-order valence-electron chi connectivity index (χ1n) is 5.83. The smallest absolute Gasteiger partial charge is 0.341 e. The van der Waals surface area contributed by atoms with E-state index in [1.807, 2.05) is 6.92 Å². The highest BCUT2D eigenvalue weighted by Crippen LogP contribution is 2.36. The van der Waals surface area contributed by atoms with E-state index in [0.29, 0.717) is 34.4 Å². The fraction of sp³-hybridized carbons (Fsp3) is 0.231. The Bertz CT molecular complexity index is 747. The Morgan fingerprint density at radius 2 is 2.05 bits per heavy atom. The summed E-state index contributed by atoms with van der Waals surface area (Å²) in [5.41, 5.74) is 0.241. The molecule has 0 spiro atoms. The van der Waals surface area contributed by atoms with Crippen molar-refractivity contribution in [3.8, 4) is 11.5 Å². The van der Waals surface area contributed by atoms with Crippen LogP contribution in [0.25, 0.3) is 10.9 Å². The zero-order valence-corrected chi connectivity index (χ0v) is 10.1. The van der Waals surface area contributed by atoms with Crippen LogP contribution in [0.15, 0.2) is 16.9 Å². The summed E-state index contributed by atoms with van der Waals surface area (Å²) in [5.74, 6) is -0.114. The summed E-state index contributed by atoms with van der Waals surface area (Å²) in [5, 5.41) is 9.82. The van der Waals surface area contributed by atoms with Gasteiger partial charge in [-0.2, -0.15) is 0 Å². The van der Waals surface area contributed by atoms with Crippen LogP contribution in [0.2, 0.25) is 0 Å². The van der Waals surface area contributed by atoms with E-state index in [-0.39, 0.29) is 12.4 Å². The van der Waals surface area contributed by atoms with Gasteiger partial charge in [0.1, 0.15) is 5.56 Å². The van der Waals surface area contributed by atoms with Crippen molar-refractivity contribution in [2.45, 2.75) is 13.3 Å². The molecule has 2 aromatic rings. The van der Waals surface area contributed by atoms with Crippen molar-refractivity contribution in [1.82, 2.24) is 4.98 Å². The number of pyridine rings is 1. The van der Waals surface area contributed by atoms with E-state index in [1.165, 1.54) is 0 Å². The molecule has 1 aliphatic rings. The van der Waals surface area contributed by atoms with E-state index in [4.69, 9.17) is 14.6 Å². The molecule has 0 radical (unpaired) electrons. The molecule has 0 saturated carbocycles. The summed E-state index contributed by atoms with van der Waals surface area (Å²) < 4.78 is 10.5. The van der Waals surface area contributed by atoms with Crippen molar-refractivity contribution in [2.24, 2.45) is 0 Å². The number of fused-ring (bicyclic) bond motifs is 2. The molecule has 1 aliphatic heterocycles. The quantitative estimate of drug-likeness (QED) is 0.855. The Balaban J connectivity index is 2.43. The van der Waals surface area contributed by atoms with Crippen molar-refractivity contribution in [1.29, 1.82) is 0 Å². The highest BCUT2D eigenvalue weighted by atomic mass is 16.7. The standard InChI is InChI=1S/C13H11NO5/c1-2-6-7-3-9-10(19-5-18-9)4-8(7)14-12(15)11(6)13(16)17/h3-4H,2,5H2,1H3,(H,14,15)(H,16,17). The van der Waals surface area contributed by atoms with Gasteiger partial charge in [-0.15, -0.1) is 0 Å². The molecule has 2 N–H and O–H groups in total. The first kappa shape index (κ1) is 11.6. The molecule has 6 nitrogen and oxygen atoms in total. The summed E-state index contributed by atoms with van der Waals surface area (Å²) in [4.78, 5) is 25.6. The van der Waals surface area contributed by atoms with Crippen LogP contribution in [0.5, 0.6) is 11.5 Å². The van der Waals surface area contributed by atoms with Crippen molar-refractivity contribution >= 4 is 16.9 Å². The van der Waals surface area contributed by atoms with Gasteiger partial charge in [0, 0.05) is 11.5 Å². The minimum atomic E-state index is -1.22. The SMILES string of the molecule is CCc1c(C(=O)O)c(=O)[nH]c2cc3c(cc12)OCO3. The van der Waals surface area contributed by atoms with E-state index in [9.17, 15) is 9.59 Å². The zero-order valence-electron chi connectivity index (χ0n) is 10.1. The molecule has 19 heavy (non-hydrogen) atoms. The molecule has 0 aliphatic carbocycles. The Morgan fingerprint density at radius 3 is 2.68 bits per heavy atom. The van der Waals surface area contributed by atoms with Gasteiger partial charge in [0.2, 0.25) is 6.79 Å². The topological polar surface area (TPSA) is 88.6 Å². The Hall–Kier alpha value is -2.50. The maximum Gasteiger partial charge on any atom is 0.341 e. The molecule has 6 heteroatoms. The van der Waals surface area contributed by atoms with Crippen LogP contribution < -0.4 is 15.0 Å². The number of nitrogens with one attached hydrogen (secondary N) is 1. The molecule has 3 rings (SSSR count). The van der Waals surface area contributed by atoms with Crippen molar-refractivity contribution < 1.29 is 19.4 Å². The third-order valence-electron chi connectivity index (χ3n) is 3.18. The van der Waals surface area contributed by atoms with Gasteiger partial charge in [-0.3, -0.25) is 4.79 Å². The number of carboxylic acid groups (broad SMARTS) is 1. The molecule has 0 saturated heterocycles. The second-order valence-electron chi connectivity index (χ2n) is 4.22. The largest absolute Gasteiger partial charge is 0.477 e. The third kappa shape index (κ3) is 1.64. The van der Waals surface area contributed by atoms with Crippen LogP contribution in [0.3, 0.4) is 0 Å². The van der Waals surface area contributed by atoms with Gasteiger partial charge in [0.25, 0.3) is 5.56 Å². The average Bonchev–Trinajstić information content (AvgIpc) is 2.81. The molecule has 0 unspecified atom stereocenters. The highest BCUT2D eigenvalue weighted by molar-refractivity contribution is 5.97. The van der Waals surface area contributed by atoms with Gasteiger partial charge in [-0.1, -0.05) is 6.92 Å². The Labute approximate surface area is 107 Å². The van der Waals surface area contributed by atoms with Crippen LogP contribution in [-0.4, -0.2) is 22.9 Å². The van der Waals surface area contributed by atoms with Gasteiger partial charge >= 0.3 is 5.97 Å². The number of aromatic carboxylic acids is 1. The molecular formula is C13H11NO5. The van der Waals surface area contributed by atoms with Crippen LogP contribution in [0.1, 0.15) is 22.8 Å². The number of ether oxygens (including phenoxy) is 2. The van der Waals surface area contributed by atoms with E-state index in [1.54, 1.807) is 12.1 Å². The lowest BCUT2D eigenvalue weighted by Gasteiger charge is -2.08. The van der Waals surface area contributed by atoms with Crippen LogP contribution in [-0.2, 0) is 6.42 Å². The maximum atomic E-state index is 11.8. The first-order valence-corrected chi connectivity index (χ1v) is 5.83. The zero-order chi connectivity index (χ0) is 13.6. The molecular weight excluding hydrogens is 250 g/mol. The lowest BCUT2D eigenvalue weighted by molar-refractivity contribution is 0.0694. The number of aryl methyl sites for hydroxylation is 1. The predicted molar refractivity (Wildman–Crippen MR) is 67.0 cm³/mol. The number of carbonyl (C=O) groups is 1. The first-order chi connectivity index (χ1) is 9.11. The fourth-order valence-electron chi connectivity index (χ4n) is 2.35. The maximum absolute atomic E-state index is 11.8. The van der Waals surface area contributed by atoms with Crippen molar-refractivity contribution in [3.63, 3.8) is 0 Å². The molecule has 1 aromatic heterocycles. The van der Waals surface area contributed by atoms with E-state index < -0.39 is 11.5 Å². The molecule has 0 fully saturated rings. The second kappa shape index (κ2) is 4.01. The third-order valence-corrected chi connectivity index (χ3v) is 3.18.